The van der Waals surface area contributed by atoms with Gasteiger partial charge in [0.25, 0.3) is 5.91 Å². The van der Waals surface area contributed by atoms with Crippen LogP contribution in [0.1, 0.15) is 53.6 Å². The van der Waals surface area contributed by atoms with E-state index >= 15 is 0 Å². The average molecular weight is 357 g/mol. The topological polar surface area (TPSA) is 66.6 Å². The molecule has 2 amide bonds. The molecule has 2 heterocycles. The number of nitrogens with two attached hydrogens (primary N) is 1. The molecule has 1 aromatic rings. The van der Waals surface area contributed by atoms with Gasteiger partial charge in [0.05, 0.1) is 5.92 Å². The normalized spacial score (nSPS) is 23.8. The fraction of sp³-hybridized carbons (Fsp3) is 0.619. The summed E-state index contributed by atoms with van der Waals surface area (Å²) in [6.07, 6.45) is 4.95. The summed E-state index contributed by atoms with van der Waals surface area (Å²) in [5.41, 5.74) is 8.80. The molecule has 0 spiro atoms. The molecule has 5 heteroatoms. The van der Waals surface area contributed by atoms with Crippen molar-refractivity contribution in [3.05, 3.63) is 34.9 Å². The van der Waals surface area contributed by atoms with Gasteiger partial charge in [-0.15, -0.1) is 0 Å². The van der Waals surface area contributed by atoms with E-state index in [1.54, 1.807) is 0 Å². The van der Waals surface area contributed by atoms with Crippen molar-refractivity contribution in [3.63, 3.8) is 0 Å². The van der Waals surface area contributed by atoms with E-state index in [2.05, 4.69) is 6.07 Å². The van der Waals surface area contributed by atoms with E-state index in [0.717, 1.165) is 61.9 Å². The molecule has 2 atom stereocenters. The van der Waals surface area contributed by atoms with E-state index < -0.39 is 0 Å². The van der Waals surface area contributed by atoms with Crippen LogP contribution in [0.15, 0.2) is 18.2 Å². The molecule has 3 rings (SSSR count). The van der Waals surface area contributed by atoms with Crippen LogP contribution in [0.5, 0.6) is 0 Å². The highest BCUT2D eigenvalue weighted by Crippen LogP contribution is 2.25. The van der Waals surface area contributed by atoms with Crippen molar-refractivity contribution < 1.29 is 9.59 Å². The molecule has 2 aliphatic rings. The van der Waals surface area contributed by atoms with E-state index in [4.69, 9.17) is 5.73 Å². The van der Waals surface area contributed by atoms with E-state index in [9.17, 15) is 9.59 Å². The second kappa shape index (κ2) is 8.21. The van der Waals surface area contributed by atoms with Crippen molar-refractivity contribution in [2.75, 3.05) is 26.2 Å². The van der Waals surface area contributed by atoms with Crippen molar-refractivity contribution >= 4 is 11.8 Å². The van der Waals surface area contributed by atoms with Gasteiger partial charge in [-0.2, -0.15) is 0 Å². The summed E-state index contributed by atoms with van der Waals surface area (Å²) in [4.78, 5) is 29.9. The van der Waals surface area contributed by atoms with E-state index in [1.165, 1.54) is 0 Å². The second-order valence-corrected chi connectivity index (χ2v) is 7.88. The highest BCUT2D eigenvalue weighted by Gasteiger charge is 2.34. The molecule has 0 aromatic heterocycles. The van der Waals surface area contributed by atoms with E-state index in [1.807, 2.05) is 35.8 Å². The van der Waals surface area contributed by atoms with E-state index in [-0.39, 0.29) is 23.8 Å². The van der Waals surface area contributed by atoms with Crippen molar-refractivity contribution in [1.82, 2.24) is 9.80 Å². The average Bonchev–Trinajstić information content (AvgIpc) is 2.66. The summed E-state index contributed by atoms with van der Waals surface area (Å²) < 4.78 is 0. The van der Waals surface area contributed by atoms with Gasteiger partial charge in [-0.05, 0) is 58.1 Å². The third-order valence-electron chi connectivity index (χ3n) is 5.71. The summed E-state index contributed by atoms with van der Waals surface area (Å²) in [5.74, 6) is 0.146. The number of carbonyl (C=O) groups is 2. The van der Waals surface area contributed by atoms with Gasteiger partial charge in [-0.25, -0.2) is 0 Å². The van der Waals surface area contributed by atoms with Crippen molar-refractivity contribution in [2.45, 2.75) is 52.0 Å². The third-order valence-corrected chi connectivity index (χ3v) is 5.71. The Balaban J connectivity index is 1.70. The highest BCUT2D eigenvalue weighted by atomic mass is 16.2. The van der Waals surface area contributed by atoms with Gasteiger partial charge in [0.1, 0.15) is 0 Å². The Morgan fingerprint density at radius 1 is 1.04 bits per heavy atom. The molecule has 2 saturated heterocycles. The van der Waals surface area contributed by atoms with Gasteiger partial charge in [0.15, 0.2) is 0 Å². The van der Waals surface area contributed by atoms with Crippen molar-refractivity contribution in [3.8, 4) is 0 Å². The number of amides is 2. The van der Waals surface area contributed by atoms with Crippen molar-refractivity contribution in [1.29, 1.82) is 0 Å². The number of benzene rings is 1. The van der Waals surface area contributed by atoms with Gasteiger partial charge in [0.2, 0.25) is 5.91 Å². The first-order chi connectivity index (χ1) is 12.5. The number of carbonyl (C=O) groups excluding carboxylic acids is 2. The second-order valence-electron chi connectivity index (χ2n) is 7.88. The molecule has 26 heavy (non-hydrogen) atoms. The van der Waals surface area contributed by atoms with Crippen LogP contribution in [0, 0.1) is 19.8 Å². The summed E-state index contributed by atoms with van der Waals surface area (Å²) in [7, 11) is 0. The zero-order chi connectivity index (χ0) is 18.7. The Kier molecular flexibility index (Phi) is 5.97. The summed E-state index contributed by atoms with van der Waals surface area (Å²) in [5, 5.41) is 0. The number of likely N-dealkylation sites (tertiary alicyclic amines) is 2. The predicted molar refractivity (Wildman–Crippen MR) is 103 cm³/mol. The molecule has 2 fully saturated rings. The van der Waals surface area contributed by atoms with Gasteiger partial charge >= 0.3 is 0 Å². The fourth-order valence-electron chi connectivity index (χ4n) is 4.41. The van der Waals surface area contributed by atoms with Gasteiger partial charge in [0, 0.05) is 37.8 Å². The van der Waals surface area contributed by atoms with Gasteiger partial charge in [-0.3, -0.25) is 9.59 Å². The Morgan fingerprint density at radius 3 is 2.46 bits per heavy atom. The van der Waals surface area contributed by atoms with Crippen LogP contribution >= 0.6 is 0 Å². The highest BCUT2D eigenvalue weighted by molar-refractivity contribution is 5.95. The maximum atomic E-state index is 13.1. The lowest BCUT2D eigenvalue weighted by atomic mass is 9.93. The Labute approximate surface area is 156 Å². The molecular weight excluding hydrogens is 326 g/mol. The van der Waals surface area contributed by atoms with Crippen LogP contribution in [0.3, 0.4) is 0 Å². The minimum atomic E-state index is -0.0919. The largest absolute Gasteiger partial charge is 0.338 e. The van der Waals surface area contributed by atoms with Crippen LogP contribution in [0.25, 0.3) is 0 Å². The van der Waals surface area contributed by atoms with Crippen LogP contribution in [0.4, 0.5) is 0 Å². The zero-order valence-corrected chi connectivity index (χ0v) is 16.0. The first-order valence-electron chi connectivity index (χ1n) is 9.87. The van der Waals surface area contributed by atoms with Crippen LogP contribution in [0.2, 0.25) is 0 Å². The lowest BCUT2D eigenvalue weighted by molar-refractivity contribution is -0.140. The summed E-state index contributed by atoms with van der Waals surface area (Å²) >= 11 is 0. The molecule has 0 bridgehead atoms. The smallest absolute Gasteiger partial charge is 0.253 e. The number of nitrogens with zero attached hydrogens (tertiary/aromatic N) is 2. The first kappa shape index (κ1) is 18.9. The van der Waals surface area contributed by atoms with E-state index in [0.29, 0.717) is 13.1 Å². The standard InChI is InChI=1S/C21H31N3O2/c1-15-10-16(2)12-18(11-15)20(25)23-8-5-6-17(14-23)21(26)24-9-4-3-7-19(24)13-22/h10-12,17,19H,3-9,13-14,22H2,1-2H3. The quantitative estimate of drug-likeness (QED) is 0.904. The van der Waals surface area contributed by atoms with Crippen LogP contribution < -0.4 is 5.73 Å². The third kappa shape index (κ3) is 4.09. The molecule has 2 N–H and O–H groups in total. The van der Waals surface area contributed by atoms with Gasteiger partial charge in [-0.1, -0.05) is 17.2 Å². The van der Waals surface area contributed by atoms with Crippen LogP contribution in [-0.4, -0.2) is 53.8 Å². The molecule has 2 unspecified atom stereocenters. The Bertz CT molecular complexity index is 653. The SMILES string of the molecule is Cc1cc(C)cc(C(=O)N2CCCC(C(=O)N3CCCCC3CN)C2)c1. The minimum Gasteiger partial charge on any atom is -0.338 e. The minimum absolute atomic E-state index is 0.0447. The summed E-state index contributed by atoms with van der Waals surface area (Å²) in [6.45, 7) is 6.62. The maximum Gasteiger partial charge on any atom is 0.253 e. The number of hydrogen-bond acceptors (Lipinski definition) is 3. The van der Waals surface area contributed by atoms with Crippen molar-refractivity contribution in [2.24, 2.45) is 11.7 Å². The lowest BCUT2D eigenvalue weighted by Crippen LogP contribution is -2.53. The molecular formula is C21H31N3O2. The molecule has 1 aromatic carbocycles. The fourth-order valence-corrected chi connectivity index (χ4v) is 4.41. The zero-order valence-electron chi connectivity index (χ0n) is 16.0. The maximum absolute atomic E-state index is 13.1. The Hall–Kier alpha value is -1.88. The number of aryl methyl sites for hydroxylation is 2. The lowest BCUT2D eigenvalue weighted by Gasteiger charge is -2.40. The number of hydrogen-bond donors (Lipinski definition) is 1. The number of rotatable bonds is 3. The predicted octanol–water partition coefficient (Wildman–Crippen LogP) is 2.50. The molecule has 0 aliphatic carbocycles. The molecule has 0 saturated carbocycles. The number of piperidine rings is 2. The first-order valence-corrected chi connectivity index (χ1v) is 9.87. The monoisotopic (exact) mass is 357 g/mol. The molecule has 5 nitrogen and oxygen atoms in total. The van der Waals surface area contributed by atoms with Crippen LogP contribution in [-0.2, 0) is 4.79 Å². The molecule has 0 radical (unpaired) electrons. The summed E-state index contributed by atoms with van der Waals surface area (Å²) in [6, 6.07) is 6.12. The molecule has 142 valence electrons. The Morgan fingerprint density at radius 2 is 1.77 bits per heavy atom. The van der Waals surface area contributed by atoms with Gasteiger partial charge < -0.3 is 15.5 Å². The molecule has 2 aliphatic heterocycles.